The quantitative estimate of drug-likeness (QED) is 0.0375. The zero-order valence-corrected chi connectivity index (χ0v) is 38.5. The Morgan fingerprint density at radius 2 is 1.00 bits per heavy atom. The molecule has 1 heterocycles. The molecular weight excluding hydrogens is 714 g/mol. The minimum absolute atomic E-state index is 0.0509. The number of hydrogen-bond acceptors (Lipinski definition) is 10. The van der Waals surface area contributed by atoms with E-state index in [1.54, 1.807) is 0 Å². The molecule has 0 aromatic carbocycles. The number of ether oxygens (including phenoxy) is 4. The first-order chi connectivity index (χ1) is 27.2. The van der Waals surface area contributed by atoms with Gasteiger partial charge < -0.3 is 34.5 Å². The molecule has 0 bridgehead atoms. The summed E-state index contributed by atoms with van der Waals surface area (Å²) in [7, 11) is 1.50. The van der Waals surface area contributed by atoms with E-state index < -0.39 is 11.9 Å². The van der Waals surface area contributed by atoms with Gasteiger partial charge in [-0.3, -0.25) is 19.2 Å². The molecule has 1 aliphatic rings. The van der Waals surface area contributed by atoms with E-state index in [2.05, 4.69) is 33.0 Å². The normalized spacial score (nSPS) is 13.5. The van der Waals surface area contributed by atoms with E-state index in [4.69, 9.17) is 24.1 Å². The summed E-state index contributed by atoms with van der Waals surface area (Å²) in [5.41, 5.74) is 0. The van der Waals surface area contributed by atoms with Crippen molar-refractivity contribution < 1.29 is 48.3 Å². The lowest BCUT2D eigenvalue weighted by molar-refractivity contribution is -0.149. The molecule has 0 saturated carbocycles. The fourth-order valence-electron chi connectivity index (χ4n) is 5.34. The summed E-state index contributed by atoms with van der Waals surface area (Å²) in [6, 6.07) is 0.235. The number of nitrogens with one attached hydrogen (secondary N) is 1. The third kappa shape index (κ3) is 51.8. The maximum Gasteiger partial charge on any atom is 0.306 e. The van der Waals surface area contributed by atoms with Gasteiger partial charge in [-0.15, -0.1) is 0 Å². The molecular formula is C45H93NO10. The first-order valence-electron chi connectivity index (χ1n) is 22.7. The van der Waals surface area contributed by atoms with Gasteiger partial charge >= 0.3 is 23.9 Å². The van der Waals surface area contributed by atoms with E-state index in [0.29, 0.717) is 19.8 Å². The van der Waals surface area contributed by atoms with Crippen LogP contribution in [0.25, 0.3) is 0 Å². The molecule has 11 heteroatoms. The average molecular weight is 808 g/mol. The van der Waals surface area contributed by atoms with Crippen molar-refractivity contribution in [2.45, 2.75) is 210 Å². The lowest BCUT2D eigenvalue weighted by Crippen LogP contribution is -2.29. The van der Waals surface area contributed by atoms with Gasteiger partial charge in [-0.2, -0.15) is 0 Å². The van der Waals surface area contributed by atoms with Crippen molar-refractivity contribution in [3.05, 3.63) is 0 Å². The number of aliphatic carboxylic acids is 1. The Kier molecular flexibility index (Phi) is 61.7. The highest BCUT2D eigenvalue weighted by Crippen LogP contribution is 2.14. The molecule has 0 amide bonds. The topological polar surface area (TPSA) is 158 Å². The molecule has 0 aromatic heterocycles. The second-order valence-corrected chi connectivity index (χ2v) is 13.4. The Labute approximate surface area is 345 Å². The van der Waals surface area contributed by atoms with Crippen molar-refractivity contribution in [2.24, 2.45) is 11.8 Å². The molecule has 338 valence electrons. The van der Waals surface area contributed by atoms with Gasteiger partial charge in [0.15, 0.2) is 0 Å². The molecule has 3 unspecified atom stereocenters. The molecule has 3 N–H and O–H groups in total. The Balaban J connectivity index is -0.000000250. The van der Waals surface area contributed by atoms with Gasteiger partial charge in [0.05, 0.1) is 45.5 Å². The van der Waals surface area contributed by atoms with Gasteiger partial charge in [-0.05, 0) is 32.2 Å². The van der Waals surface area contributed by atoms with Crippen LogP contribution in [-0.4, -0.2) is 86.8 Å². The maximum absolute atomic E-state index is 11.8. The number of carbonyl (C=O) groups excluding carboxylic acids is 3. The van der Waals surface area contributed by atoms with Crippen molar-refractivity contribution in [2.75, 3.05) is 46.7 Å². The van der Waals surface area contributed by atoms with E-state index in [1.165, 1.54) is 77.7 Å². The standard InChI is InChI=1S/C19H35NO5.C15H28O5.C5H12.3C2H6/c1-2-3-4-5-6-7-11-24-18(22)12-16(14-21)13-19(23)25-15-17-9-8-10-20-17;1-3-4-5-6-7-8-9-20-15(18)11-13(12-19-2)10-14(16)17;1-3-5-4-2;3*1-2/h16-17,20-21H,2-15H2,1H3;13H,3-12H2,1-2H3,(H,16,17);3-5H2,1-2H3;3*1-2H3. The molecule has 1 rings (SSSR count). The summed E-state index contributed by atoms with van der Waals surface area (Å²) in [6.45, 7) is 23.0. The predicted molar refractivity (Wildman–Crippen MR) is 232 cm³/mol. The zero-order valence-electron chi connectivity index (χ0n) is 38.5. The summed E-state index contributed by atoms with van der Waals surface area (Å²) >= 11 is 0. The van der Waals surface area contributed by atoms with Crippen molar-refractivity contribution >= 4 is 23.9 Å². The van der Waals surface area contributed by atoms with Gasteiger partial charge in [-0.25, -0.2) is 0 Å². The van der Waals surface area contributed by atoms with Crippen LogP contribution in [0.1, 0.15) is 204 Å². The van der Waals surface area contributed by atoms with Gasteiger partial charge in [0.25, 0.3) is 0 Å². The summed E-state index contributed by atoms with van der Waals surface area (Å²) < 4.78 is 20.4. The number of carboxylic acids is 1. The highest BCUT2D eigenvalue weighted by Gasteiger charge is 2.21. The smallest absolute Gasteiger partial charge is 0.306 e. The zero-order chi connectivity index (χ0) is 43.7. The Hall–Kier alpha value is -2.24. The Bertz CT molecular complexity index is 804. The van der Waals surface area contributed by atoms with Crippen LogP contribution in [0.4, 0.5) is 0 Å². The summed E-state index contributed by atoms with van der Waals surface area (Å²) in [5.74, 6) is -2.71. The molecule has 0 aromatic rings. The van der Waals surface area contributed by atoms with Crippen LogP contribution < -0.4 is 5.32 Å². The van der Waals surface area contributed by atoms with Crippen LogP contribution in [0.5, 0.6) is 0 Å². The van der Waals surface area contributed by atoms with Crippen LogP contribution in [0, 0.1) is 11.8 Å². The minimum Gasteiger partial charge on any atom is -0.481 e. The second kappa shape index (κ2) is 54.9. The largest absolute Gasteiger partial charge is 0.481 e. The predicted octanol–water partition coefficient (Wildman–Crippen LogP) is 10.9. The van der Waals surface area contributed by atoms with E-state index >= 15 is 0 Å². The van der Waals surface area contributed by atoms with Crippen molar-refractivity contribution in [1.29, 1.82) is 0 Å². The number of aliphatic hydroxyl groups is 1. The molecule has 1 saturated heterocycles. The third-order valence-electron chi connectivity index (χ3n) is 8.33. The molecule has 56 heavy (non-hydrogen) atoms. The van der Waals surface area contributed by atoms with E-state index in [1.807, 2.05) is 41.5 Å². The summed E-state index contributed by atoms with van der Waals surface area (Å²) in [4.78, 5) is 45.8. The molecule has 3 atom stereocenters. The highest BCUT2D eigenvalue weighted by atomic mass is 16.5. The summed E-state index contributed by atoms with van der Waals surface area (Å²) in [5, 5.41) is 21.4. The van der Waals surface area contributed by atoms with Gasteiger partial charge in [0.1, 0.15) is 6.61 Å². The number of aliphatic hydroxyl groups excluding tert-OH is 1. The Morgan fingerprint density at radius 3 is 1.36 bits per heavy atom. The Morgan fingerprint density at radius 1 is 0.589 bits per heavy atom. The summed E-state index contributed by atoms with van der Waals surface area (Å²) in [6.07, 6.45) is 20.0. The number of methoxy groups -OCH3 is 1. The van der Waals surface area contributed by atoms with Crippen molar-refractivity contribution in [3.63, 3.8) is 0 Å². The maximum atomic E-state index is 11.8. The minimum atomic E-state index is -0.921. The van der Waals surface area contributed by atoms with Gasteiger partial charge in [0.2, 0.25) is 0 Å². The molecule has 1 fully saturated rings. The van der Waals surface area contributed by atoms with Crippen LogP contribution in [0.2, 0.25) is 0 Å². The van der Waals surface area contributed by atoms with Gasteiger partial charge in [0, 0.05) is 31.6 Å². The SMILES string of the molecule is CC.CC.CC.CCCCC.CCCCCCCCOC(=O)CC(CO)CC(=O)OCC1CCCN1.CCCCCCCCOC(=O)CC(COC)CC(=O)O. The van der Waals surface area contributed by atoms with Crippen LogP contribution in [0.3, 0.4) is 0 Å². The lowest BCUT2D eigenvalue weighted by Gasteiger charge is -2.15. The van der Waals surface area contributed by atoms with E-state index in [-0.39, 0.29) is 68.8 Å². The lowest BCUT2D eigenvalue weighted by atomic mass is 10.0. The van der Waals surface area contributed by atoms with E-state index in [9.17, 15) is 24.3 Å². The van der Waals surface area contributed by atoms with E-state index in [0.717, 1.165) is 45.1 Å². The number of esters is 3. The average Bonchev–Trinajstić information content (AvgIpc) is 3.73. The molecule has 0 radical (unpaired) electrons. The first kappa shape index (κ1) is 62.9. The number of rotatable bonds is 29. The fraction of sp³-hybridized carbons (Fsp3) is 0.911. The highest BCUT2D eigenvalue weighted by molar-refractivity contribution is 5.73. The third-order valence-corrected chi connectivity index (χ3v) is 8.33. The number of unbranched alkanes of at least 4 members (excludes halogenated alkanes) is 12. The van der Waals surface area contributed by atoms with Crippen molar-refractivity contribution in [3.8, 4) is 0 Å². The number of hydrogen-bond donors (Lipinski definition) is 3. The molecule has 1 aliphatic heterocycles. The number of carboxylic acid groups (broad SMARTS) is 1. The van der Waals surface area contributed by atoms with Gasteiger partial charge in [-0.1, -0.05) is 153 Å². The number of carbonyl (C=O) groups is 4. The second-order valence-electron chi connectivity index (χ2n) is 13.4. The van der Waals surface area contributed by atoms with Crippen molar-refractivity contribution in [1.82, 2.24) is 5.32 Å². The molecule has 0 aliphatic carbocycles. The first-order valence-corrected chi connectivity index (χ1v) is 22.7. The van der Waals surface area contributed by atoms with Crippen LogP contribution in [-0.2, 0) is 38.1 Å². The molecule has 11 nitrogen and oxygen atoms in total. The van der Waals surface area contributed by atoms with Crippen LogP contribution in [0.15, 0.2) is 0 Å². The fourth-order valence-corrected chi connectivity index (χ4v) is 5.34. The monoisotopic (exact) mass is 808 g/mol. The molecule has 0 spiro atoms. The van der Waals surface area contributed by atoms with Crippen LogP contribution >= 0.6 is 0 Å².